The summed E-state index contributed by atoms with van der Waals surface area (Å²) in [6.45, 7) is 1.86. The van der Waals surface area contributed by atoms with Crippen LogP contribution in [0.15, 0.2) is 71.7 Å². The molecule has 2 aromatic heterocycles. The monoisotopic (exact) mass is 388 g/mol. The minimum absolute atomic E-state index is 0.128. The molecule has 7 heteroatoms. The molecule has 29 heavy (non-hydrogen) atoms. The molecular weight excluding hydrogens is 368 g/mol. The number of ether oxygens (including phenoxy) is 1. The summed E-state index contributed by atoms with van der Waals surface area (Å²) in [6, 6.07) is 18.2. The third-order valence-electron chi connectivity index (χ3n) is 4.64. The third-order valence-corrected chi connectivity index (χ3v) is 4.64. The topological polar surface area (TPSA) is 78.1 Å². The lowest BCUT2D eigenvalue weighted by Gasteiger charge is -2.07. The van der Waals surface area contributed by atoms with Crippen LogP contribution in [0.4, 0.5) is 5.69 Å². The van der Waals surface area contributed by atoms with E-state index in [1.807, 2.05) is 31.2 Å². The van der Waals surface area contributed by atoms with Crippen LogP contribution in [-0.4, -0.2) is 27.1 Å². The number of hydrogen-bond acceptors (Lipinski definition) is 4. The lowest BCUT2D eigenvalue weighted by Crippen LogP contribution is -2.28. The highest BCUT2D eigenvalue weighted by molar-refractivity contribution is 5.91. The fraction of sp³-hybridized carbons (Fsp3) is 0.136. The number of nitrogens with one attached hydrogen (secondary N) is 1. The lowest BCUT2D eigenvalue weighted by atomic mass is 10.2. The maximum absolute atomic E-state index is 13.1. The molecule has 0 fully saturated rings. The molecule has 0 unspecified atom stereocenters. The van der Waals surface area contributed by atoms with Gasteiger partial charge in [-0.3, -0.25) is 9.36 Å². The van der Waals surface area contributed by atoms with Gasteiger partial charge in [0.2, 0.25) is 5.91 Å². The number of amides is 1. The molecule has 0 aliphatic heterocycles. The van der Waals surface area contributed by atoms with Gasteiger partial charge in [-0.15, -0.1) is 0 Å². The number of carbonyl (C=O) groups is 1. The molecule has 1 N–H and O–H groups in total. The number of anilines is 1. The Balaban J connectivity index is 1.70. The molecule has 0 atom stereocenters. The van der Waals surface area contributed by atoms with Crippen molar-refractivity contribution in [3.63, 3.8) is 0 Å². The van der Waals surface area contributed by atoms with Crippen LogP contribution in [0.25, 0.3) is 16.9 Å². The summed E-state index contributed by atoms with van der Waals surface area (Å²) in [5.74, 6) is 0.326. The number of rotatable bonds is 5. The number of nitrogens with zero attached hydrogens (tertiary/aromatic N) is 3. The van der Waals surface area contributed by atoms with Gasteiger partial charge < -0.3 is 10.1 Å². The molecule has 0 saturated carbocycles. The van der Waals surface area contributed by atoms with Crippen LogP contribution in [0.3, 0.4) is 0 Å². The predicted octanol–water partition coefficient (Wildman–Crippen LogP) is 3.14. The van der Waals surface area contributed by atoms with Gasteiger partial charge in [-0.05, 0) is 43.3 Å². The van der Waals surface area contributed by atoms with Crippen molar-refractivity contribution in [3.8, 4) is 11.4 Å². The maximum atomic E-state index is 13.1. The molecule has 1 amide bonds. The fourth-order valence-electron chi connectivity index (χ4n) is 3.21. The number of aryl methyl sites for hydroxylation is 1. The molecule has 7 nitrogen and oxygen atoms in total. The molecule has 146 valence electrons. The van der Waals surface area contributed by atoms with Gasteiger partial charge in [0.25, 0.3) is 0 Å². The van der Waals surface area contributed by atoms with E-state index >= 15 is 0 Å². The van der Waals surface area contributed by atoms with Crippen LogP contribution in [0, 0.1) is 6.92 Å². The van der Waals surface area contributed by atoms with Crippen LogP contribution in [-0.2, 0) is 11.3 Å². The van der Waals surface area contributed by atoms with E-state index in [0.29, 0.717) is 28.3 Å². The third kappa shape index (κ3) is 3.62. The van der Waals surface area contributed by atoms with Gasteiger partial charge in [-0.2, -0.15) is 0 Å². The van der Waals surface area contributed by atoms with Crippen LogP contribution < -0.4 is 15.7 Å². The Kier molecular flexibility index (Phi) is 4.87. The second-order valence-corrected chi connectivity index (χ2v) is 6.67. The van der Waals surface area contributed by atoms with Gasteiger partial charge in [0.1, 0.15) is 12.3 Å². The van der Waals surface area contributed by atoms with Crippen LogP contribution >= 0.6 is 0 Å². The predicted molar refractivity (Wildman–Crippen MR) is 112 cm³/mol. The average Bonchev–Trinajstić information content (AvgIpc) is 3.00. The minimum atomic E-state index is -0.316. The Labute approximate surface area is 167 Å². The molecule has 0 saturated heterocycles. The highest BCUT2D eigenvalue weighted by Crippen LogP contribution is 2.18. The van der Waals surface area contributed by atoms with Gasteiger partial charge >= 0.3 is 5.69 Å². The van der Waals surface area contributed by atoms with Gasteiger partial charge in [0.05, 0.1) is 18.3 Å². The molecule has 4 rings (SSSR count). The number of hydrogen-bond donors (Lipinski definition) is 1. The Morgan fingerprint density at radius 3 is 2.66 bits per heavy atom. The summed E-state index contributed by atoms with van der Waals surface area (Å²) in [5, 5.41) is 2.81. The Bertz CT molecular complexity index is 1240. The highest BCUT2D eigenvalue weighted by Gasteiger charge is 2.17. The SMILES string of the molecule is COc1cccc(NC(=O)Cn2c(=O)n(-c3ccc(C)cc3)c3ncccc32)c1. The van der Waals surface area contributed by atoms with Crippen molar-refractivity contribution < 1.29 is 9.53 Å². The summed E-state index contributed by atoms with van der Waals surface area (Å²) in [6.07, 6.45) is 1.63. The first-order valence-electron chi connectivity index (χ1n) is 9.14. The number of pyridine rings is 1. The summed E-state index contributed by atoms with van der Waals surface area (Å²) in [7, 11) is 1.56. The summed E-state index contributed by atoms with van der Waals surface area (Å²) >= 11 is 0. The Hall–Kier alpha value is -3.87. The second kappa shape index (κ2) is 7.63. The van der Waals surface area contributed by atoms with E-state index in [9.17, 15) is 9.59 Å². The molecule has 2 aromatic carbocycles. The first-order valence-corrected chi connectivity index (χ1v) is 9.14. The molecule has 2 heterocycles. The molecular formula is C22H20N4O3. The van der Waals surface area contributed by atoms with Crippen molar-refractivity contribution in [3.05, 3.63) is 82.9 Å². The van der Waals surface area contributed by atoms with Crippen LogP contribution in [0.2, 0.25) is 0 Å². The van der Waals surface area contributed by atoms with Crippen LogP contribution in [0.1, 0.15) is 5.56 Å². The minimum Gasteiger partial charge on any atom is -0.497 e. The van der Waals surface area contributed by atoms with Crippen molar-refractivity contribution in [1.29, 1.82) is 0 Å². The van der Waals surface area contributed by atoms with E-state index in [4.69, 9.17) is 4.74 Å². The van der Waals surface area contributed by atoms with Crippen molar-refractivity contribution in [1.82, 2.24) is 14.1 Å². The van der Waals surface area contributed by atoms with E-state index < -0.39 is 0 Å². The lowest BCUT2D eigenvalue weighted by molar-refractivity contribution is -0.116. The second-order valence-electron chi connectivity index (χ2n) is 6.67. The highest BCUT2D eigenvalue weighted by atomic mass is 16.5. The van der Waals surface area contributed by atoms with Gasteiger partial charge in [-0.25, -0.2) is 14.3 Å². The zero-order valence-corrected chi connectivity index (χ0v) is 16.1. The van der Waals surface area contributed by atoms with Crippen molar-refractivity contribution >= 4 is 22.8 Å². The van der Waals surface area contributed by atoms with Gasteiger partial charge in [0, 0.05) is 18.0 Å². The van der Waals surface area contributed by atoms with E-state index in [0.717, 1.165) is 5.56 Å². The number of fused-ring (bicyclic) bond motifs is 1. The van der Waals surface area contributed by atoms with Crippen molar-refractivity contribution in [2.75, 3.05) is 12.4 Å². The number of carbonyl (C=O) groups excluding carboxylic acids is 1. The maximum Gasteiger partial charge on any atom is 0.335 e. The zero-order valence-electron chi connectivity index (χ0n) is 16.1. The standard InChI is InChI=1S/C22H20N4O3/c1-15-8-10-17(11-9-15)26-21-19(7-4-12-23-21)25(22(26)28)14-20(27)24-16-5-3-6-18(13-16)29-2/h3-13H,14H2,1-2H3,(H,24,27). The quantitative estimate of drug-likeness (QED) is 0.570. The van der Waals surface area contributed by atoms with Gasteiger partial charge in [0.15, 0.2) is 5.65 Å². The summed E-state index contributed by atoms with van der Waals surface area (Å²) < 4.78 is 8.12. The number of benzene rings is 2. The van der Waals surface area contributed by atoms with E-state index in [2.05, 4.69) is 10.3 Å². The largest absolute Gasteiger partial charge is 0.497 e. The van der Waals surface area contributed by atoms with Crippen LogP contribution in [0.5, 0.6) is 5.75 Å². The number of methoxy groups -OCH3 is 1. The normalized spacial score (nSPS) is 10.8. The summed E-state index contributed by atoms with van der Waals surface area (Å²) in [4.78, 5) is 30.1. The van der Waals surface area contributed by atoms with E-state index in [-0.39, 0.29) is 18.1 Å². The molecule has 0 bridgehead atoms. The molecule has 0 aliphatic rings. The molecule has 0 spiro atoms. The van der Waals surface area contributed by atoms with Gasteiger partial charge in [-0.1, -0.05) is 23.8 Å². The summed E-state index contributed by atoms with van der Waals surface area (Å²) in [5.41, 5.74) is 3.19. The zero-order chi connectivity index (χ0) is 20.4. The molecule has 4 aromatic rings. The average molecular weight is 388 g/mol. The molecule has 0 radical (unpaired) electrons. The Morgan fingerprint density at radius 2 is 1.90 bits per heavy atom. The Morgan fingerprint density at radius 1 is 1.10 bits per heavy atom. The van der Waals surface area contributed by atoms with Crippen molar-refractivity contribution in [2.24, 2.45) is 0 Å². The fourth-order valence-corrected chi connectivity index (χ4v) is 3.21. The number of aromatic nitrogens is 3. The smallest absolute Gasteiger partial charge is 0.335 e. The van der Waals surface area contributed by atoms with E-state index in [1.165, 1.54) is 9.13 Å². The number of imidazole rings is 1. The van der Waals surface area contributed by atoms with Crippen molar-refractivity contribution in [2.45, 2.75) is 13.5 Å². The first kappa shape index (κ1) is 18.5. The first-order chi connectivity index (χ1) is 14.1. The van der Waals surface area contributed by atoms with E-state index in [1.54, 1.807) is 49.7 Å². The molecule has 0 aliphatic carbocycles.